The largest absolute Gasteiger partial charge is 0.478 e. The van der Waals surface area contributed by atoms with Crippen molar-refractivity contribution in [3.05, 3.63) is 28.2 Å². The minimum absolute atomic E-state index is 0.0330. The normalized spacial score (nSPS) is 17.3. The first-order valence-electron chi connectivity index (χ1n) is 6.14. The molecule has 0 spiro atoms. The maximum atomic E-state index is 12.3. The second-order valence-corrected chi connectivity index (χ2v) is 7.30. The SMILES string of the molecule is CC(C(=O)NC1CC1)S(=O)c1ccc(Br)c(C(=O)O)c1. The maximum Gasteiger partial charge on any atom is 0.336 e. The third kappa shape index (κ3) is 3.46. The molecule has 1 aliphatic carbocycles. The Balaban J connectivity index is 2.17. The Labute approximate surface area is 127 Å². The number of amides is 1. The third-order valence-corrected chi connectivity index (χ3v) is 5.28. The molecule has 0 aromatic heterocycles. The zero-order chi connectivity index (χ0) is 14.9. The highest BCUT2D eigenvalue weighted by Gasteiger charge is 2.29. The highest BCUT2D eigenvalue weighted by molar-refractivity contribution is 9.10. The van der Waals surface area contributed by atoms with Crippen LogP contribution < -0.4 is 5.32 Å². The molecule has 2 unspecified atom stereocenters. The number of hydrogen-bond acceptors (Lipinski definition) is 3. The Hall–Kier alpha value is -1.21. The van der Waals surface area contributed by atoms with Crippen molar-refractivity contribution in [2.45, 2.75) is 36.0 Å². The van der Waals surface area contributed by atoms with Gasteiger partial charge in [-0.3, -0.25) is 9.00 Å². The summed E-state index contributed by atoms with van der Waals surface area (Å²) in [6.07, 6.45) is 1.93. The number of aromatic carboxylic acids is 1. The summed E-state index contributed by atoms with van der Waals surface area (Å²) >= 11 is 3.13. The Kier molecular flexibility index (Phi) is 4.59. The van der Waals surface area contributed by atoms with Crippen LogP contribution >= 0.6 is 15.9 Å². The van der Waals surface area contributed by atoms with Crippen LogP contribution in [0, 0.1) is 0 Å². The van der Waals surface area contributed by atoms with Gasteiger partial charge in [0, 0.05) is 15.4 Å². The number of carboxylic acids is 1. The lowest BCUT2D eigenvalue weighted by Gasteiger charge is -2.12. The van der Waals surface area contributed by atoms with Crippen molar-refractivity contribution in [3.63, 3.8) is 0 Å². The van der Waals surface area contributed by atoms with E-state index in [0.29, 0.717) is 9.37 Å². The van der Waals surface area contributed by atoms with E-state index in [1.807, 2.05) is 0 Å². The van der Waals surface area contributed by atoms with Crippen LogP contribution in [0.1, 0.15) is 30.1 Å². The minimum atomic E-state index is -1.58. The number of halogens is 1. The molecule has 2 atom stereocenters. The Morgan fingerprint density at radius 2 is 2.10 bits per heavy atom. The van der Waals surface area contributed by atoms with Gasteiger partial charge in [-0.05, 0) is 53.9 Å². The van der Waals surface area contributed by atoms with Gasteiger partial charge in [-0.1, -0.05) is 0 Å². The predicted molar refractivity (Wildman–Crippen MR) is 78.1 cm³/mol. The fraction of sp³-hybridized carbons (Fsp3) is 0.385. The smallest absolute Gasteiger partial charge is 0.336 e. The summed E-state index contributed by atoms with van der Waals surface area (Å²) in [5.41, 5.74) is 0.0330. The van der Waals surface area contributed by atoms with Gasteiger partial charge in [0.1, 0.15) is 5.25 Å². The van der Waals surface area contributed by atoms with Gasteiger partial charge in [-0.15, -0.1) is 0 Å². The van der Waals surface area contributed by atoms with Gasteiger partial charge in [-0.25, -0.2) is 4.79 Å². The number of rotatable bonds is 5. The molecule has 1 aromatic rings. The first-order chi connectivity index (χ1) is 9.40. The molecule has 0 radical (unpaired) electrons. The molecule has 2 N–H and O–H groups in total. The average Bonchev–Trinajstić information content (AvgIpc) is 3.21. The Morgan fingerprint density at radius 1 is 1.45 bits per heavy atom. The van der Waals surface area contributed by atoms with Crippen molar-refractivity contribution in [2.24, 2.45) is 0 Å². The maximum absolute atomic E-state index is 12.3. The molecule has 0 bridgehead atoms. The standard InChI is InChI=1S/C13H14BrNO4S/c1-7(12(16)15-8-2-3-8)20(19)9-4-5-11(14)10(6-9)13(17)18/h4-8H,2-3H2,1H3,(H,15,16)(H,17,18). The van der Waals surface area contributed by atoms with Crippen LogP contribution in [-0.2, 0) is 15.6 Å². The highest BCUT2D eigenvalue weighted by atomic mass is 79.9. The number of hydrogen-bond donors (Lipinski definition) is 2. The van der Waals surface area contributed by atoms with Gasteiger partial charge in [0.25, 0.3) is 0 Å². The molecule has 0 saturated heterocycles. The summed E-state index contributed by atoms with van der Waals surface area (Å²) in [5, 5.41) is 11.1. The number of nitrogens with one attached hydrogen (secondary N) is 1. The lowest BCUT2D eigenvalue weighted by atomic mass is 10.2. The van der Waals surface area contributed by atoms with Gasteiger partial charge in [0.05, 0.1) is 16.4 Å². The molecule has 0 heterocycles. The third-order valence-electron chi connectivity index (χ3n) is 3.01. The van der Waals surface area contributed by atoms with Gasteiger partial charge in [-0.2, -0.15) is 0 Å². The molecule has 1 fully saturated rings. The number of carbonyl (C=O) groups is 2. The van der Waals surface area contributed by atoms with Crippen molar-refractivity contribution < 1.29 is 18.9 Å². The van der Waals surface area contributed by atoms with Gasteiger partial charge < -0.3 is 10.4 Å². The first-order valence-corrected chi connectivity index (χ1v) is 8.14. The summed E-state index contributed by atoms with van der Waals surface area (Å²) < 4.78 is 12.7. The van der Waals surface area contributed by atoms with Crippen LogP contribution in [0.2, 0.25) is 0 Å². The quantitative estimate of drug-likeness (QED) is 0.841. The number of benzene rings is 1. The molecule has 1 aromatic carbocycles. The minimum Gasteiger partial charge on any atom is -0.478 e. The Morgan fingerprint density at radius 3 is 2.65 bits per heavy atom. The van der Waals surface area contributed by atoms with Crippen LogP contribution in [0.15, 0.2) is 27.6 Å². The van der Waals surface area contributed by atoms with E-state index in [2.05, 4.69) is 21.2 Å². The summed E-state index contributed by atoms with van der Waals surface area (Å²) in [6, 6.07) is 4.64. The lowest BCUT2D eigenvalue weighted by molar-refractivity contribution is -0.120. The predicted octanol–water partition coefficient (Wildman–Crippen LogP) is 1.92. The van der Waals surface area contributed by atoms with E-state index in [1.165, 1.54) is 12.1 Å². The molecule has 5 nitrogen and oxygen atoms in total. The van der Waals surface area contributed by atoms with Crippen molar-refractivity contribution in [3.8, 4) is 0 Å². The second kappa shape index (κ2) is 6.05. The van der Waals surface area contributed by atoms with E-state index >= 15 is 0 Å². The van der Waals surface area contributed by atoms with E-state index in [-0.39, 0.29) is 17.5 Å². The van der Waals surface area contributed by atoms with Crippen LogP contribution in [0.4, 0.5) is 0 Å². The van der Waals surface area contributed by atoms with Crippen molar-refractivity contribution in [1.29, 1.82) is 0 Å². The molecular weight excluding hydrogens is 346 g/mol. The second-order valence-electron chi connectivity index (χ2n) is 4.67. The van der Waals surface area contributed by atoms with Crippen LogP contribution in [0.25, 0.3) is 0 Å². The molecule has 7 heteroatoms. The first kappa shape index (κ1) is 15.2. The van der Waals surface area contributed by atoms with E-state index in [0.717, 1.165) is 12.8 Å². The molecular formula is C13H14BrNO4S. The molecule has 2 rings (SSSR count). The fourth-order valence-electron chi connectivity index (χ4n) is 1.64. The topological polar surface area (TPSA) is 83.5 Å². The van der Waals surface area contributed by atoms with Crippen LogP contribution in [-0.4, -0.2) is 32.5 Å². The van der Waals surface area contributed by atoms with E-state index in [9.17, 15) is 13.8 Å². The van der Waals surface area contributed by atoms with E-state index in [4.69, 9.17) is 5.11 Å². The van der Waals surface area contributed by atoms with Gasteiger partial charge in [0.2, 0.25) is 5.91 Å². The molecule has 0 aliphatic heterocycles. The summed E-state index contributed by atoms with van der Waals surface area (Å²) in [6.45, 7) is 1.58. The Bertz CT molecular complexity index is 586. The van der Waals surface area contributed by atoms with E-state index < -0.39 is 22.0 Å². The summed E-state index contributed by atoms with van der Waals surface area (Å²) in [4.78, 5) is 23.2. The zero-order valence-corrected chi connectivity index (χ0v) is 13.2. The zero-order valence-electron chi connectivity index (χ0n) is 10.8. The van der Waals surface area contributed by atoms with Crippen LogP contribution in [0.5, 0.6) is 0 Å². The molecule has 1 aliphatic rings. The van der Waals surface area contributed by atoms with Gasteiger partial charge >= 0.3 is 5.97 Å². The summed E-state index contributed by atoms with van der Waals surface area (Å²) in [7, 11) is -1.58. The molecule has 1 saturated carbocycles. The molecule has 108 valence electrons. The van der Waals surface area contributed by atoms with Crippen molar-refractivity contribution >= 4 is 38.6 Å². The average molecular weight is 360 g/mol. The van der Waals surface area contributed by atoms with E-state index in [1.54, 1.807) is 13.0 Å². The lowest BCUT2D eigenvalue weighted by Crippen LogP contribution is -2.36. The van der Waals surface area contributed by atoms with Crippen LogP contribution in [0.3, 0.4) is 0 Å². The number of carbonyl (C=O) groups excluding carboxylic acids is 1. The summed E-state index contributed by atoms with van der Waals surface area (Å²) in [5.74, 6) is -1.36. The highest BCUT2D eigenvalue weighted by Crippen LogP contribution is 2.23. The fourth-order valence-corrected chi connectivity index (χ4v) is 3.16. The van der Waals surface area contributed by atoms with Gasteiger partial charge in [0.15, 0.2) is 0 Å². The number of carboxylic acid groups (broad SMARTS) is 1. The van der Waals surface area contributed by atoms with Crippen molar-refractivity contribution in [1.82, 2.24) is 5.32 Å². The van der Waals surface area contributed by atoms with Crippen molar-refractivity contribution in [2.75, 3.05) is 0 Å². The molecule has 1 amide bonds. The molecule has 20 heavy (non-hydrogen) atoms. The monoisotopic (exact) mass is 359 g/mol.